The molecule has 5 heteroatoms. The first-order chi connectivity index (χ1) is 10.0. The van der Waals surface area contributed by atoms with Crippen molar-refractivity contribution in [1.29, 1.82) is 0 Å². The van der Waals surface area contributed by atoms with E-state index in [1.807, 2.05) is 45.0 Å². The Morgan fingerprint density at radius 2 is 2.00 bits per heavy atom. The van der Waals surface area contributed by atoms with Gasteiger partial charge in [0.15, 0.2) is 0 Å². The van der Waals surface area contributed by atoms with Gasteiger partial charge in [-0.05, 0) is 44.5 Å². The number of carboxylic acid groups (broad SMARTS) is 1. The van der Waals surface area contributed by atoms with Crippen LogP contribution in [0.3, 0.4) is 0 Å². The monoisotopic (exact) mass is 288 g/mol. The van der Waals surface area contributed by atoms with Crippen molar-refractivity contribution in [2.75, 3.05) is 6.61 Å². The number of hydrogen-bond acceptors (Lipinski definition) is 3. The molecule has 0 radical (unpaired) electrons. The van der Waals surface area contributed by atoms with Gasteiger partial charge in [-0.2, -0.15) is 5.10 Å². The van der Waals surface area contributed by atoms with E-state index in [0.29, 0.717) is 12.3 Å². The molecule has 0 amide bonds. The van der Waals surface area contributed by atoms with E-state index in [2.05, 4.69) is 5.10 Å². The Morgan fingerprint density at radius 3 is 2.52 bits per heavy atom. The van der Waals surface area contributed by atoms with Crippen LogP contribution in [0.15, 0.2) is 30.5 Å². The second kappa shape index (κ2) is 6.43. The summed E-state index contributed by atoms with van der Waals surface area (Å²) in [7, 11) is 0. The van der Waals surface area contributed by atoms with Gasteiger partial charge in [0, 0.05) is 17.8 Å². The number of aromatic carboxylic acids is 1. The van der Waals surface area contributed by atoms with Gasteiger partial charge in [0.1, 0.15) is 17.0 Å². The molecule has 1 N–H and O–H groups in total. The molecule has 112 valence electrons. The number of nitrogens with zero attached hydrogens (tertiary/aromatic N) is 2. The van der Waals surface area contributed by atoms with Crippen molar-refractivity contribution >= 4 is 5.97 Å². The average molecular weight is 288 g/mol. The number of carboxylic acids is 1. The van der Waals surface area contributed by atoms with Crippen LogP contribution in [0.1, 0.15) is 43.6 Å². The molecule has 0 saturated carbocycles. The summed E-state index contributed by atoms with van der Waals surface area (Å²) in [6.45, 7) is 6.64. The highest BCUT2D eigenvalue weighted by molar-refractivity contribution is 5.94. The summed E-state index contributed by atoms with van der Waals surface area (Å²) in [5.74, 6) is -0.191. The predicted octanol–water partition coefficient (Wildman–Crippen LogP) is 3.62. The third-order valence-corrected chi connectivity index (χ3v) is 3.09. The minimum absolute atomic E-state index is 0.115. The lowest BCUT2D eigenvalue weighted by Crippen LogP contribution is -2.00. The Bertz CT molecular complexity index is 615. The third-order valence-electron chi connectivity index (χ3n) is 3.09. The summed E-state index contributed by atoms with van der Waals surface area (Å²) >= 11 is 0. The molecule has 0 aliphatic rings. The van der Waals surface area contributed by atoms with Gasteiger partial charge in [-0.25, -0.2) is 4.79 Å². The van der Waals surface area contributed by atoms with Crippen molar-refractivity contribution in [2.24, 2.45) is 0 Å². The van der Waals surface area contributed by atoms with Gasteiger partial charge in [-0.3, -0.25) is 4.68 Å². The number of rotatable bonds is 6. The zero-order valence-electron chi connectivity index (χ0n) is 12.5. The standard InChI is InChI=1S/C16H20N2O3/c1-4-9-21-13-7-5-12(6-8-13)15-14(16(19)20)10-18(17-15)11(2)3/h5-8,10-11H,4,9H2,1-3H3,(H,19,20). The van der Waals surface area contributed by atoms with Gasteiger partial charge in [0.25, 0.3) is 0 Å². The lowest BCUT2D eigenvalue weighted by Gasteiger charge is -2.06. The quantitative estimate of drug-likeness (QED) is 0.881. The minimum atomic E-state index is -0.969. The van der Waals surface area contributed by atoms with Crippen molar-refractivity contribution in [3.63, 3.8) is 0 Å². The fourth-order valence-corrected chi connectivity index (χ4v) is 1.95. The van der Waals surface area contributed by atoms with Crippen molar-refractivity contribution in [3.8, 4) is 17.0 Å². The Kier molecular flexibility index (Phi) is 4.62. The first-order valence-electron chi connectivity index (χ1n) is 7.08. The molecule has 1 heterocycles. The van der Waals surface area contributed by atoms with E-state index in [1.165, 1.54) is 0 Å². The highest BCUT2D eigenvalue weighted by Gasteiger charge is 2.18. The topological polar surface area (TPSA) is 64.4 Å². The lowest BCUT2D eigenvalue weighted by molar-refractivity contribution is 0.0697. The van der Waals surface area contributed by atoms with Crippen LogP contribution in [0.5, 0.6) is 5.75 Å². The molecule has 0 aliphatic carbocycles. The molecule has 0 atom stereocenters. The van der Waals surface area contributed by atoms with Gasteiger partial charge in [0.2, 0.25) is 0 Å². The number of hydrogen-bond donors (Lipinski definition) is 1. The molecule has 1 aromatic carbocycles. The molecule has 0 saturated heterocycles. The van der Waals surface area contributed by atoms with Crippen molar-refractivity contribution in [1.82, 2.24) is 9.78 Å². The van der Waals surface area contributed by atoms with Crippen LogP contribution in [0.2, 0.25) is 0 Å². The highest BCUT2D eigenvalue weighted by atomic mass is 16.5. The predicted molar refractivity (Wildman–Crippen MR) is 80.8 cm³/mol. The summed E-state index contributed by atoms with van der Waals surface area (Å²) in [5.41, 5.74) is 1.47. The molecule has 21 heavy (non-hydrogen) atoms. The van der Waals surface area contributed by atoms with Crippen LogP contribution in [0.4, 0.5) is 0 Å². The molecule has 2 rings (SSSR count). The molecular formula is C16H20N2O3. The summed E-state index contributed by atoms with van der Waals surface area (Å²) in [4.78, 5) is 11.4. The van der Waals surface area contributed by atoms with E-state index in [1.54, 1.807) is 10.9 Å². The first kappa shape index (κ1) is 15.1. The lowest BCUT2D eigenvalue weighted by atomic mass is 10.1. The molecule has 0 fully saturated rings. The van der Waals surface area contributed by atoms with Gasteiger partial charge >= 0.3 is 5.97 Å². The zero-order chi connectivity index (χ0) is 15.4. The number of aromatic nitrogens is 2. The minimum Gasteiger partial charge on any atom is -0.494 e. The van der Waals surface area contributed by atoms with Crippen LogP contribution in [0.25, 0.3) is 11.3 Å². The van der Waals surface area contributed by atoms with Gasteiger partial charge in [-0.1, -0.05) is 6.92 Å². The smallest absolute Gasteiger partial charge is 0.339 e. The molecule has 2 aromatic rings. The Balaban J connectivity index is 2.34. The number of ether oxygens (including phenoxy) is 1. The molecular weight excluding hydrogens is 268 g/mol. The first-order valence-corrected chi connectivity index (χ1v) is 7.08. The van der Waals surface area contributed by atoms with Crippen LogP contribution in [0, 0.1) is 0 Å². The maximum absolute atomic E-state index is 11.4. The second-order valence-electron chi connectivity index (χ2n) is 5.14. The SMILES string of the molecule is CCCOc1ccc(-c2nn(C(C)C)cc2C(=O)O)cc1. The van der Waals surface area contributed by atoms with Gasteiger partial charge < -0.3 is 9.84 Å². The van der Waals surface area contributed by atoms with E-state index in [-0.39, 0.29) is 11.6 Å². The molecule has 5 nitrogen and oxygen atoms in total. The summed E-state index contributed by atoms with van der Waals surface area (Å²) in [5, 5.41) is 13.7. The molecule has 0 aliphatic heterocycles. The maximum atomic E-state index is 11.4. The summed E-state index contributed by atoms with van der Waals surface area (Å²) < 4.78 is 7.19. The molecule has 0 spiro atoms. The maximum Gasteiger partial charge on any atom is 0.339 e. The average Bonchev–Trinajstić information content (AvgIpc) is 2.91. The van der Waals surface area contributed by atoms with Gasteiger partial charge in [0.05, 0.1) is 6.61 Å². The summed E-state index contributed by atoms with van der Waals surface area (Å²) in [6, 6.07) is 7.47. The van der Waals surface area contributed by atoms with E-state index >= 15 is 0 Å². The van der Waals surface area contributed by atoms with Crippen molar-refractivity contribution < 1.29 is 14.6 Å². The highest BCUT2D eigenvalue weighted by Crippen LogP contribution is 2.25. The Hall–Kier alpha value is -2.30. The van der Waals surface area contributed by atoms with E-state index in [0.717, 1.165) is 17.7 Å². The van der Waals surface area contributed by atoms with Crippen LogP contribution in [-0.2, 0) is 0 Å². The van der Waals surface area contributed by atoms with Crippen molar-refractivity contribution in [3.05, 3.63) is 36.0 Å². The number of carbonyl (C=O) groups is 1. The number of benzene rings is 1. The fourth-order valence-electron chi connectivity index (χ4n) is 1.95. The van der Waals surface area contributed by atoms with Gasteiger partial charge in [-0.15, -0.1) is 0 Å². The van der Waals surface area contributed by atoms with Crippen LogP contribution < -0.4 is 4.74 Å². The zero-order valence-corrected chi connectivity index (χ0v) is 12.5. The second-order valence-corrected chi connectivity index (χ2v) is 5.14. The summed E-state index contributed by atoms with van der Waals surface area (Å²) in [6.07, 6.45) is 2.52. The van der Waals surface area contributed by atoms with E-state index in [4.69, 9.17) is 4.74 Å². The van der Waals surface area contributed by atoms with E-state index < -0.39 is 5.97 Å². The molecule has 0 bridgehead atoms. The fraction of sp³-hybridized carbons (Fsp3) is 0.375. The molecule has 1 aromatic heterocycles. The van der Waals surface area contributed by atoms with E-state index in [9.17, 15) is 9.90 Å². The van der Waals surface area contributed by atoms with Crippen molar-refractivity contribution in [2.45, 2.75) is 33.2 Å². The third kappa shape index (κ3) is 3.42. The normalized spacial score (nSPS) is 10.9. The van der Waals surface area contributed by atoms with Crippen LogP contribution >= 0.6 is 0 Å². The Labute approximate surface area is 124 Å². The Morgan fingerprint density at radius 1 is 1.33 bits per heavy atom. The molecule has 0 unspecified atom stereocenters. The largest absolute Gasteiger partial charge is 0.494 e. The van der Waals surface area contributed by atoms with Crippen LogP contribution in [-0.4, -0.2) is 27.5 Å².